The first-order valence-electron chi connectivity index (χ1n) is 9.48. The summed E-state index contributed by atoms with van der Waals surface area (Å²) in [5, 5.41) is 7.48. The number of benzene rings is 1. The van der Waals surface area contributed by atoms with E-state index in [4.69, 9.17) is 0 Å². The van der Waals surface area contributed by atoms with Crippen LogP contribution in [0.3, 0.4) is 0 Å². The van der Waals surface area contributed by atoms with Crippen LogP contribution in [0.15, 0.2) is 59.3 Å². The molecule has 0 radical (unpaired) electrons. The zero-order chi connectivity index (χ0) is 18.6. The first-order chi connectivity index (χ1) is 13.2. The van der Waals surface area contributed by atoms with Crippen LogP contribution < -0.4 is 10.2 Å². The minimum absolute atomic E-state index is 0.146. The van der Waals surface area contributed by atoms with E-state index in [1.807, 2.05) is 17.4 Å². The highest BCUT2D eigenvalue weighted by Crippen LogP contribution is 2.31. The molecule has 1 amide bonds. The molecular weight excluding hydrogens is 372 g/mol. The van der Waals surface area contributed by atoms with Crippen LogP contribution >= 0.6 is 22.7 Å². The Morgan fingerprint density at radius 1 is 1.15 bits per heavy atom. The lowest BCUT2D eigenvalue weighted by molar-refractivity contribution is -0.919. The topological polar surface area (TPSA) is 33.5 Å². The fraction of sp³-hybridized carbons (Fsp3) is 0.318. The van der Waals surface area contributed by atoms with Gasteiger partial charge in [-0.3, -0.25) is 4.79 Å². The standard InChI is InChI=1S/C22H24N2OS2/c1-16(17-6-3-2-4-7-17)14-23-21(25)15-24-11-9-19-18(10-13-27-19)22(24)20-8-5-12-26-20/h2-8,10,12-13,16,22H,9,11,14-15H2,1H3,(H,23,25)/p+1/t16-,22+/m0/s1. The summed E-state index contributed by atoms with van der Waals surface area (Å²) in [7, 11) is 0. The van der Waals surface area contributed by atoms with Crippen LogP contribution in [-0.4, -0.2) is 25.5 Å². The molecule has 3 aromatic rings. The van der Waals surface area contributed by atoms with Crippen LogP contribution in [0.4, 0.5) is 0 Å². The lowest BCUT2D eigenvalue weighted by atomic mass is 9.98. The summed E-state index contributed by atoms with van der Waals surface area (Å²) in [5.41, 5.74) is 2.68. The average Bonchev–Trinajstić information content (AvgIpc) is 3.38. The Kier molecular flexibility index (Phi) is 5.72. The van der Waals surface area contributed by atoms with Gasteiger partial charge in [0.05, 0.1) is 11.4 Å². The number of nitrogens with one attached hydrogen (secondary N) is 2. The van der Waals surface area contributed by atoms with Crippen molar-refractivity contribution in [3.05, 3.63) is 80.2 Å². The van der Waals surface area contributed by atoms with Crippen molar-refractivity contribution in [3.8, 4) is 0 Å². The molecule has 3 heterocycles. The summed E-state index contributed by atoms with van der Waals surface area (Å²) < 4.78 is 0. The molecular formula is C22H25N2OS2+. The van der Waals surface area contributed by atoms with Crippen molar-refractivity contribution >= 4 is 28.6 Å². The highest BCUT2D eigenvalue weighted by atomic mass is 32.1. The third-order valence-electron chi connectivity index (χ3n) is 5.36. The summed E-state index contributed by atoms with van der Waals surface area (Å²) in [4.78, 5) is 16.9. The van der Waals surface area contributed by atoms with Crippen LogP contribution in [0.1, 0.15) is 39.8 Å². The molecule has 0 aliphatic carbocycles. The van der Waals surface area contributed by atoms with Crippen molar-refractivity contribution in [3.63, 3.8) is 0 Å². The molecule has 0 bridgehead atoms. The molecule has 1 aliphatic rings. The van der Waals surface area contributed by atoms with E-state index in [1.165, 1.54) is 25.8 Å². The Hall–Kier alpha value is -1.95. The first-order valence-corrected chi connectivity index (χ1v) is 11.2. The first kappa shape index (κ1) is 18.4. The number of rotatable bonds is 6. The summed E-state index contributed by atoms with van der Waals surface area (Å²) in [5.74, 6) is 0.469. The lowest BCUT2D eigenvalue weighted by Crippen LogP contribution is -3.14. The molecule has 0 saturated heterocycles. The van der Waals surface area contributed by atoms with Crippen LogP contribution in [0.25, 0.3) is 0 Å². The molecule has 27 heavy (non-hydrogen) atoms. The van der Waals surface area contributed by atoms with E-state index in [0.29, 0.717) is 19.0 Å². The Balaban J connectivity index is 1.41. The summed E-state index contributed by atoms with van der Waals surface area (Å²) in [6, 6.07) is 17.2. The molecule has 4 rings (SSSR count). The van der Waals surface area contributed by atoms with Gasteiger partial charge in [-0.25, -0.2) is 0 Å². The largest absolute Gasteiger partial charge is 0.351 e. The molecule has 0 saturated carbocycles. The molecule has 0 fully saturated rings. The van der Waals surface area contributed by atoms with Gasteiger partial charge >= 0.3 is 0 Å². The van der Waals surface area contributed by atoms with Gasteiger partial charge in [0.2, 0.25) is 0 Å². The van der Waals surface area contributed by atoms with Gasteiger partial charge in [0.15, 0.2) is 6.54 Å². The minimum atomic E-state index is 0.146. The molecule has 1 aliphatic heterocycles. The zero-order valence-electron chi connectivity index (χ0n) is 15.5. The Morgan fingerprint density at radius 3 is 2.78 bits per heavy atom. The number of thiophene rings is 2. The Morgan fingerprint density at radius 2 is 2.00 bits per heavy atom. The number of fused-ring (bicyclic) bond motifs is 1. The van der Waals surface area contributed by atoms with E-state index in [1.54, 1.807) is 11.3 Å². The second kappa shape index (κ2) is 8.38. The van der Waals surface area contributed by atoms with Crippen molar-refractivity contribution in [1.29, 1.82) is 0 Å². The van der Waals surface area contributed by atoms with Gasteiger partial charge in [-0.15, -0.1) is 22.7 Å². The quantitative estimate of drug-likeness (QED) is 0.658. The number of amides is 1. The molecule has 0 spiro atoms. The van der Waals surface area contributed by atoms with Crippen LogP contribution in [0.5, 0.6) is 0 Å². The zero-order valence-corrected chi connectivity index (χ0v) is 17.1. The van der Waals surface area contributed by atoms with E-state index >= 15 is 0 Å². The predicted molar refractivity (Wildman–Crippen MR) is 113 cm³/mol. The van der Waals surface area contributed by atoms with Gasteiger partial charge in [-0.2, -0.15) is 0 Å². The van der Waals surface area contributed by atoms with Crippen LogP contribution in [0.2, 0.25) is 0 Å². The van der Waals surface area contributed by atoms with Crippen LogP contribution in [-0.2, 0) is 11.2 Å². The van der Waals surface area contributed by atoms with E-state index in [9.17, 15) is 4.79 Å². The van der Waals surface area contributed by atoms with Crippen molar-refractivity contribution in [2.24, 2.45) is 0 Å². The molecule has 5 heteroatoms. The van der Waals surface area contributed by atoms with Crippen molar-refractivity contribution in [2.75, 3.05) is 19.6 Å². The molecule has 1 aromatic carbocycles. The average molecular weight is 398 g/mol. The third kappa shape index (κ3) is 4.15. The van der Waals surface area contributed by atoms with E-state index in [2.05, 4.69) is 65.5 Å². The van der Waals surface area contributed by atoms with Gasteiger partial charge in [0.25, 0.3) is 5.91 Å². The molecule has 3 atom stereocenters. The fourth-order valence-corrected chi connectivity index (χ4v) is 5.71. The number of carbonyl (C=O) groups is 1. The predicted octanol–water partition coefficient (Wildman–Crippen LogP) is 3.26. The smallest absolute Gasteiger partial charge is 0.275 e. The van der Waals surface area contributed by atoms with Gasteiger partial charge in [0, 0.05) is 23.4 Å². The maximum Gasteiger partial charge on any atom is 0.275 e. The second-order valence-corrected chi connectivity index (χ2v) is 9.18. The van der Waals surface area contributed by atoms with Gasteiger partial charge in [-0.1, -0.05) is 43.3 Å². The summed E-state index contributed by atoms with van der Waals surface area (Å²) in [6.45, 7) is 4.38. The van der Waals surface area contributed by atoms with Crippen molar-refractivity contribution in [2.45, 2.75) is 25.3 Å². The maximum atomic E-state index is 12.7. The summed E-state index contributed by atoms with van der Waals surface area (Å²) >= 11 is 3.64. The van der Waals surface area contributed by atoms with Gasteiger partial charge in [0.1, 0.15) is 6.04 Å². The van der Waals surface area contributed by atoms with Gasteiger partial charge in [-0.05, 0) is 34.4 Å². The lowest BCUT2D eigenvalue weighted by Gasteiger charge is -2.31. The van der Waals surface area contributed by atoms with E-state index in [-0.39, 0.29) is 11.9 Å². The van der Waals surface area contributed by atoms with E-state index in [0.717, 1.165) is 13.0 Å². The van der Waals surface area contributed by atoms with Crippen molar-refractivity contribution < 1.29 is 9.69 Å². The highest BCUT2D eigenvalue weighted by Gasteiger charge is 2.35. The molecule has 1 unspecified atom stereocenters. The third-order valence-corrected chi connectivity index (χ3v) is 7.30. The van der Waals surface area contributed by atoms with Crippen molar-refractivity contribution in [1.82, 2.24) is 5.32 Å². The normalized spacial score (nSPS) is 20.0. The Labute approximate surface area is 168 Å². The molecule has 2 aromatic heterocycles. The second-order valence-electron chi connectivity index (χ2n) is 7.20. The number of quaternary nitrogens is 1. The Bertz CT molecular complexity index is 873. The van der Waals surface area contributed by atoms with Crippen LogP contribution in [0, 0.1) is 0 Å². The summed E-state index contributed by atoms with van der Waals surface area (Å²) in [6.07, 6.45) is 1.07. The minimum Gasteiger partial charge on any atom is -0.351 e. The monoisotopic (exact) mass is 397 g/mol. The molecule has 2 N–H and O–H groups in total. The number of carbonyl (C=O) groups excluding carboxylic acids is 1. The molecule has 140 valence electrons. The van der Waals surface area contributed by atoms with Gasteiger partial charge < -0.3 is 10.2 Å². The highest BCUT2D eigenvalue weighted by molar-refractivity contribution is 7.10. The number of hydrogen-bond donors (Lipinski definition) is 2. The fourth-order valence-electron chi connectivity index (χ4n) is 3.88. The van der Waals surface area contributed by atoms with E-state index < -0.39 is 0 Å². The number of hydrogen-bond acceptors (Lipinski definition) is 3. The SMILES string of the molecule is C[C@@H](CNC(=O)C[NH+]1CCc2sccc2[C@@H]1c1cccs1)c1ccccc1. The molecule has 3 nitrogen and oxygen atoms in total. The maximum absolute atomic E-state index is 12.7.